The Balaban J connectivity index is 1.35. The summed E-state index contributed by atoms with van der Waals surface area (Å²) < 4.78 is 42.6. The van der Waals surface area contributed by atoms with E-state index in [0.717, 1.165) is 16.8 Å². The first-order valence-corrected chi connectivity index (χ1v) is 11.9. The Morgan fingerprint density at radius 2 is 1.69 bits per heavy atom. The lowest BCUT2D eigenvalue weighted by atomic mass is 9.81. The number of Topliss-reactive ketones (excluding diaryl/α,β-unsaturated/α-hetero) is 1. The van der Waals surface area contributed by atoms with Gasteiger partial charge < -0.3 is 9.47 Å². The van der Waals surface area contributed by atoms with Gasteiger partial charge in [-0.1, -0.05) is 6.07 Å². The third kappa shape index (κ3) is 3.93. The molecule has 0 aliphatic carbocycles. The molecule has 1 aromatic carbocycles. The van der Waals surface area contributed by atoms with Crippen molar-refractivity contribution in [1.82, 2.24) is 24.1 Å². The minimum absolute atomic E-state index is 0.0673. The first kappa shape index (κ1) is 24.3. The fourth-order valence-electron chi connectivity index (χ4n) is 5.66. The number of ketones is 1. The number of hydrogen-bond acceptors (Lipinski definition) is 4. The molecule has 2 aromatic heterocycles. The summed E-state index contributed by atoms with van der Waals surface area (Å²) in [5.41, 5.74) is 3.26. The average molecular weight is 500 g/mol. The fourth-order valence-corrected chi connectivity index (χ4v) is 5.66. The lowest BCUT2D eigenvalue weighted by Gasteiger charge is -2.50. The Hall–Kier alpha value is -3.40. The second-order valence-electron chi connectivity index (χ2n) is 9.73. The number of amides is 1. The van der Waals surface area contributed by atoms with Gasteiger partial charge >= 0.3 is 6.18 Å². The zero-order chi connectivity index (χ0) is 25.8. The zero-order valence-electron chi connectivity index (χ0n) is 20.5. The van der Waals surface area contributed by atoms with Gasteiger partial charge in [-0.05, 0) is 62.7 Å². The minimum atomic E-state index is -4.91. The number of carbonyl (C=O) groups is 2. The fraction of sp³-hybridized carbons (Fsp3) is 0.423. The average Bonchev–Trinajstić information content (AvgIpc) is 3.47. The van der Waals surface area contributed by atoms with Crippen molar-refractivity contribution < 1.29 is 22.8 Å². The van der Waals surface area contributed by atoms with E-state index in [1.54, 1.807) is 15.6 Å². The molecule has 0 atom stereocenters. The van der Waals surface area contributed by atoms with Gasteiger partial charge in [0.25, 0.3) is 11.7 Å². The van der Waals surface area contributed by atoms with E-state index in [4.69, 9.17) is 0 Å². The van der Waals surface area contributed by atoms with Gasteiger partial charge in [-0.25, -0.2) is 0 Å². The van der Waals surface area contributed by atoms with E-state index >= 15 is 0 Å². The molecule has 3 aromatic rings. The van der Waals surface area contributed by atoms with Crippen molar-refractivity contribution in [2.45, 2.75) is 38.0 Å². The van der Waals surface area contributed by atoms with Crippen LogP contribution in [-0.2, 0) is 19.1 Å². The first-order chi connectivity index (χ1) is 17.0. The number of benzene rings is 1. The molecule has 0 bridgehead atoms. The molecule has 1 spiro atoms. The summed E-state index contributed by atoms with van der Waals surface area (Å²) in [6.07, 6.45) is -1.89. The lowest BCUT2D eigenvalue weighted by molar-refractivity contribution is -0.0892. The maximum atomic E-state index is 13.3. The molecular formula is C26H28F3N5O2. The van der Waals surface area contributed by atoms with Crippen LogP contribution in [0.15, 0.2) is 42.6 Å². The molecule has 1 fully saturated rings. The number of alkyl halides is 3. The van der Waals surface area contributed by atoms with Gasteiger partial charge in [0.05, 0.1) is 16.9 Å². The van der Waals surface area contributed by atoms with Crippen LogP contribution in [0.25, 0.3) is 11.3 Å². The summed E-state index contributed by atoms with van der Waals surface area (Å²) >= 11 is 0. The molecule has 2 aliphatic heterocycles. The number of halogens is 3. The summed E-state index contributed by atoms with van der Waals surface area (Å²) in [6.45, 7) is 3.75. The summed E-state index contributed by atoms with van der Waals surface area (Å²) in [5, 5.41) is 4.44. The van der Waals surface area contributed by atoms with Gasteiger partial charge in [-0.3, -0.25) is 19.2 Å². The molecule has 0 N–H and O–H groups in total. The molecule has 0 radical (unpaired) electrons. The highest BCUT2D eigenvalue weighted by Gasteiger charge is 2.47. The van der Waals surface area contributed by atoms with Gasteiger partial charge in [0.1, 0.15) is 0 Å². The molecule has 0 saturated carbocycles. The number of fused-ring (bicyclic) bond motifs is 2. The Kier molecular flexibility index (Phi) is 5.82. The number of aryl methyl sites for hydroxylation is 2. The van der Waals surface area contributed by atoms with Gasteiger partial charge in [0.2, 0.25) is 0 Å². The van der Waals surface area contributed by atoms with Crippen LogP contribution in [0.3, 0.4) is 0 Å². The third-order valence-electron chi connectivity index (χ3n) is 7.68. The predicted molar refractivity (Wildman–Crippen MR) is 128 cm³/mol. The molecule has 190 valence electrons. The number of aromatic nitrogens is 3. The Morgan fingerprint density at radius 1 is 0.972 bits per heavy atom. The number of rotatable bonds is 3. The number of nitrogens with zero attached hydrogens (tertiary/aromatic N) is 5. The van der Waals surface area contributed by atoms with Gasteiger partial charge in [0, 0.05) is 56.2 Å². The molecule has 36 heavy (non-hydrogen) atoms. The second-order valence-corrected chi connectivity index (χ2v) is 9.73. The van der Waals surface area contributed by atoms with Crippen LogP contribution in [0.1, 0.15) is 44.9 Å². The summed E-state index contributed by atoms with van der Waals surface area (Å²) in [4.78, 5) is 29.3. The van der Waals surface area contributed by atoms with Crippen LogP contribution in [0, 0.1) is 6.92 Å². The molecular weight excluding hydrogens is 471 g/mol. The van der Waals surface area contributed by atoms with Crippen molar-refractivity contribution in [2.24, 2.45) is 7.05 Å². The van der Waals surface area contributed by atoms with Crippen molar-refractivity contribution in [1.29, 1.82) is 0 Å². The monoisotopic (exact) mass is 499 g/mol. The van der Waals surface area contributed by atoms with Crippen molar-refractivity contribution in [3.05, 3.63) is 65.1 Å². The maximum absolute atomic E-state index is 13.3. The quantitative estimate of drug-likeness (QED) is 0.511. The predicted octanol–water partition coefficient (Wildman–Crippen LogP) is 4.02. The van der Waals surface area contributed by atoms with E-state index in [9.17, 15) is 22.8 Å². The van der Waals surface area contributed by atoms with Crippen molar-refractivity contribution in [3.8, 4) is 11.3 Å². The first-order valence-electron chi connectivity index (χ1n) is 11.9. The number of likely N-dealkylation sites (N-methyl/N-ethyl adjacent to an activating group) is 1. The van der Waals surface area contributed by atoms with Crippen LogP contribution in [-0.4, -0.2) is 68.7 Å². The maximum Gasteiger partial charge on any atom is 0.456 e. The van der Waals surface area contributed by atoms with E-state index in [2.05, 4.69) is 10.00 Å². The van der Waals surface area contributed by atoms with Gasteiger partial charge in [-0.15, -0.1) is 0 Å². The Bertz CT molecular complexity index is 1330. The van der Waals surface area contributed by atoms with Crippen molar-refractivity contribution in [2.75, 3.05) is 26.7 Å². The highest BCUT2D eigenvalue weighted by atomic mass is 19.4. The third-order valence-corrected chi connectivity index (χ3v) is 7.68. The summed E-state index contributed by atoms with van der Waals surface area (Å²) in [6, 6.07) is 10.5. The molecule has 4 heterocycles. The van der Waals surface area contributed by atoms with Crippen LogP contribution in [0.2, 0.25) is 0 Å². The van der Waals surface area contributed by atoms with Gasteiger partial charge in [0.15, 0.2) is 0 Å². The van der Waals surface area contributed by atoms with Crippen LogP contribution < -0.4 is 0 Å². The highest BCUT2D eigenvalue weighted by molar-refractivity contribution is 5.99. The molecule has 7 nitrogen and oxygen atoms in total. The molecule has 1 amide bonds. The Morgan fingerprint density at radius 3 is 2.31 bits per heavy atom. The highest BCUT2D eigenvalue weighted by Crippen LogP contribution is 2.42. The van der Waals surface area contributed by atoms with Gasteiger partial charge in [-0.2, -0.15) is 18.3 Å². The van der Waals surface area contributed by atoms with Crippen molar-refractivity contribution in [3.63, 3.8) is 0 Å². The second kappa shape index (κ2) is 8.62. The van der Waals surface area contributed by atoms with Crippen LogP contribution in [0.4, 0.5) is 13.2 Å². The van der Waals surface area contributed by atoms with E-state index in [1.807, 2.05) is 51.5 Å². The molecule has 0 unspecified atom stereocenters. The number of hydrogen-bond donors (Lipinski definition) is 0. The molecule has 1 saturated heterocycles. The molecule has 10 heteroatoms. The number of piperidine rings is 1. The van der Waals surface area contributed by atoms with E-state index < -0.39 is 17.5 Å². The van der Waals surface area contributed by atoms with Crippen LogP contribution in [0.5, 0.6) is 0 Å². The summed E-state index contributed by atoms with van der Waals surface area (Å²) in [5.74, 6) is -1.88. The topological polar surface area (TPSA) is 63.4 Å². The lowest BCUT2D eigenvalue weighted by Crippen LogP contribution is -2.56. The van der Waals surface area contributed by atoms with E-state index in [0.29, 0.717) is 50.3 Å². The normalized spacial score (nSPS) is 17.9. The smallest absolute Gasteiger partial charge is 0.339 e. The van der Waals surface area contributed by atoms with E-state index in [-0.39, 0.29) is 11.6 Å². The van der Waals surface area contributed by atoms with E-state index in [1.165, 1.54) is 10.6 Å². The number of carbonyl (C=O) groups excluding carboxylic acids is 2. The summed E-state index contributed by atoms with van der Waals surface area (Å²) in [7, 11) is 3.81. The van der Waals surface area contributed by atoms with Crippen LogP contribution >= 0.6 is 0 Å². The zero-order valence-corrected chi connectivity index (χ0v) is 20.5. The Labute approximate surface area is 207 Å². The SMILES string of the molecule is Cc1cc(C(=O)N2CCC3(CC2)c2ccc(C(=O)C(F)(F)F)n2CCN3C)ccc1-c1ccn(C)n1. The number of likely N-dealkylation sites (tertiary alicyclic amines) is 1. The van der Waals surface area contributed by atoms with Crippen molar-refractivity contribution >= 4 is 11.7 Å². The minimum Gasteiger partial charge on any atom is -0.339 e. The largest absolute Gasteiger partial charge is 0.456 e. The standard InChI is InChI=1S/C26H28F3N5O2/c1-17-16-18(4-5-19(17)20-8-11-32(3)30-20)24(36)33-12-9-25(10-13-33)22-7-6-21(23(35)26(27,28)29)34(22)15-14-31(25)2/h4-8,11,16H,9-10,12-15H2,1-3H3. The molecule has 5 rings (SSSR count). The molecule has 2 aliphatic rings.